The maximum absolute atomic E-state index is 12.3. The first kappa shape index (κ1) is 24.4. The third kappa shape index (κ3) is 5.68. The number of carbonyl (C=O) groups excluding carboxylic acids is 1. The molecule has 0 radical (unpaired) electrons. The minimum atomic E-state index is -0.335. The van der Waals surface area contributed by atoms with Crippen molar-refractivity contribution in [2.75, 3.05) is 6.61 Å². The second kappa shape index (κ2) is 11.1. The van der Waals surface area contributed by atoms with E-state index in [0.29, 0.717) is 13.2 Å². The van der Waals surface area contributed by atoms with E-state index < -0.39 is 0 Å². The van der Waals surface area contributed by atoms with Crippen molar-refractivity contribution in [3.63, 3.8) is 0 Å². The van der Waals surface area contributed by atoms with E-state index in [1.807, 2.05) is 44.2 Å². The fourth-order valence-electron chi connectivity index (χ4n) is 4.37. The van der Waals surface area contributed by atoms with Crippen LogP contribution in [0.5, 0.6) is 0 Å². The van der Waals surface area contributed by atoms with Crippen LogP contribution in [-0.4, -0.2) is 27.1 Å². The molecule has 4 aromatic rings. The Morgan fingerprint density at radius 1 is 0.971 bits per heavy atom. The number of nitrogens with zero attached hydrogens (tertiary/aromatic N) is 3. The Balaban J connectivity index is 1.69. The summed E-state index contributed by atoms with van der Waals surface area (Å²) in [6.07, 6.45) is 4.73. The first-order valence-corrected chi connectivity index (χ1v) is 12.4. The summed E-state index contributed by atoms with van der Waals surface area (Å²) < 4.78 is 7.44. The van der Waals surface area contributed by atoms with Gasteiger partial charge in [0.1, 0.15) is 11.3 Å². The molecule has 0 fully saturated rings. The Kier molecular flexibility index (Phi) is 7.76. The number of aryl methyl sites for hydroxylation is 3. The molecule has 0 N–H and O–H groups in total. The molecule has 0 saturated heterocycles. The largest absolute Gasteiger partial charge is 0.463 e. The first-order valence-electron chi connectivity index (χ1n) is 12.4. The summed E-state index contributed by atoms with van der Waals surface area (Å²) >= 11 is 0. The summed E-state index contributed by atoms with van der Waals surface area (Å²) in [7, 11) is 0. The molecule has 0 amide bonds. The van der Waals surface area contributed by atoms with Crippen molar-refractivity contribution in [2.24, 2.45) is 0 Å². The van der Waals surface area contributed by atoms with Crippen molar-refractivity contribution >= 4 is 22.7 Å². The third-order valence-corrected chi connectivity index (χ3v) is 6.09. The molecule has 0 atom stereocenters. The van der Waals surface area contributed by atoms with E-state index in [2.05, 4.69) is 48.7 Å². The van der Waals surface area contributed by atoms with Crippen molar-refractivity contribution in [2.45, 2.75) is 53.5 Å². The molecule has 2 aromatic carbocycles. The van der Waals surface area contributed by atoms with Crippen molar-refractivity contribution < 1.29 is 9.53 Å². The van der Waals surface area contributed by atoms with Crippen molar-refractivity contribution in [3.8, 4) is 0 Å². The van der Waals surface area contributed by atoms with Gasteiger partial charge >= 0.3 is 5.97 Å². The molecule has 35 heavy (non-hydrogen) atoms. The normalized spacial score (nSPS) is 11.7. The number of unbranched alkanes of at least 4 members (excludes halogenated alkanes) is 1. The lowest BCUT2D eigenvalue weighted by Gasteiger charge is -2.12. The van der Waals surface area contributed by atoms with Gasteiger partial charge in [0.15, 0.2) is 5.65 Å². The van der Waals surface area contributed by atoms with Gasteiger partial charge in [-0.2, -0.15) is 0 Å². The van der Waals surface area contributed by atoms with E-state index in [4.69, 9.17) is 14.7 Å². The van der Waals surface area contributed by atoms with Gasteiger partial charge in [0.2, 0.25) is 0 Å². The Morgan fingerprint density at radius 3 is 2.37 bits per heavy atom. The third-order valence-electron chi connectivity index (χ3n) is 6.09. The van der Waals surface area contributed by atoms with E-state index in [-0.39, 0.29) is 5.97 Å². The summed E-state index contributed by atoms with van der Waals surface area (Å²) in [4.78, 5) is 22.1. The van der Waals surface area contributed by atoms with E-state index >= 15 is 0 Å². The highest BCUT2D eigenvalue weighted by Gasteiger charge is 2.15. The highest BCUT2D eigenvalue weighted by Crippen LogP contribution is 2.26. The Bertz CT molecular complexity index is 1340. The number of rotatable bonds is 9. The number of esters is 1. The van der Waals surface area contributed by atoms with Gasteiger partial charge in [0.05, 0.1) is 13.2 Å². The van der Waals surface area contributed by atoms with Crippen molar-refractivity contribution in [1.29, 1.82) is 0 Å². The van der Waals surface area contributed by atoms with Gasteiger partial charge in [0.25, 0.3) is 0 Å². The molecule has 4 rings (SSSR count). The van der Waals surface area contributed by atoms with Crippen molar-refractivity contribution in [1.82, 2.24) is 14.5 Å². The van der Waals surface area contributed by atoms with Gasteiger partial charge < -0.3 is 9.30 Å². The number of carbonyl (C=O) groups is 1. The SMILES string of the molecule is CCCCc1nc2c(C)cc(C)nc2n1Cc1ccc(/C(=C/C(=O)OCC)c2ccccc2)cc1. The zero-order valence-electron chi connectivity index (χ0n) is 21.0. The minimum Gasteiger partial charge on any atom is -0.463 e. The lowest BCUT2D eigenvalue weighted by molar-refractivity contribution is -0.137. The molecule has 0 saturated carbocycles. The minimum absolute atomic E-state index is 0.335. The predicted molar refractivity (Wildman–Crippen MR) is 141 cm³/mol. The molecular weight excluding hydrogens is 434 g/mol. The van der Waals surface area contributed by atoms with E-state index in [1.165, 1.54) is 0 Å². The number of ether oxygens (including phenoxy) is 1. The number of aromatic nitrogens is 3. The maximum atomic E-state index is 12.3. The topological polar surface area (TPSA) is 57.0 Å². The summed E-state index contributed by atoms with van der Waals surface area (Å²) in [5.74, 6) is 0.747. The number of fused-ring (bicyclic) bond motifs is 1. The number of hydrogen-bond acceptors (Lipinski definition) is 4. The second-order valence-corrected chi connectivity index (χ2v) is 8.84. The van der Waals surface area contributed by atoms with Crippen molar-refractivity contribution in [3.05, 3.63) is 101 Å². The monoisotopic (exact) mass is 467 g/mol. The van der Waals surface area contributed by atoms with Crippen LogP contribution >= 0.6 is 0 Å². The zero-order valence-corrected chi connectivity index (χ0v) is 21.0. The smallest absolute Gasteiger partial charge is 0.331 e. The second-order valence-electron chi connectivity index (χ2n) is 8.84. The maximum Gasteiger partial charge on any atom is 0.331 e. The van der Waals surface area contributed by atoms with Crippen LogP contribution in [0.2, 0.25) is 0 Å². The van der Waals surface area contributed by atoms with Crippen LogP contribution in [0, 0.1) is 13.8 Å². The molecule has 5 heteroatoms. The summed E-state index contributed by atoms with van der Waals surface area (Å²) in [5.41, 5.74) is 8.06. The van der Waals surface area contributed by atoms with Crippen LogP contribution in [0.3, 0.4) is 0 Å². The summed E-state index contributed by atoms with van der Waals surface area (Å²) in [6.45, 7) is 9.21. The average molecular weight is 468 g/mol. The van der Waals surface area contributed by atoms with Crippen LogP contribution in [0.1, 0.15) is 60.5 Å². The fraction of sp³-hybridized carbons (Fsp3) is 0.300. The molecule has 0 spiro atoms. The summed E-state index contributed by atoms with van der Waals surface area (Å²) in [5, 5.41) is 0. The van der Waals surface area contributed by atoms with Crippen LogP contribution in [-0.2, 0) is 22.5 Å². The van der Waals surface area contributed by atoms with Gasteiger partial charge in [-0.1, -0.05) is 67.9 Å². The van der Waals surface area contributed by atoms with Crippen LogP contribution < -0.4 is 0 Å². The van der Waals surface area contributed by atoms with Crippen LogP contribution in [0.25, 0.3) is 16.7 Å². The predicted octanol–water partition coefficient (Wildman–Crippen LogP) is 6.43. The molecule has 0 aliphatic heterocycles. The highest BCUT2D eigenvalue weighted by atomic mass is 16.5. The van der Waals surface area contributed by atoms with E-state index in [0.717, 1.165) is 69.8 Å². The number of hydrogen-bond donors (Lipinski definition) is 0. The fourth-order valence-corrected chi connectivity index (χ4v) is 4.37. The lowest BCUT2D eigenvalue weighted by Crippen LogP contribution is -2.07. The highest BCUT2D eigenvalue weighted by molar-refractivity contribution is 5.96. The molecule has 5 nitrogen and oxygen atoms in total. The van der Waals surface area contributed by atoms with Gasteiger partial charge in [-0.3, -0.25) is 0 Å². The quantitative estimate of drug-likeness (QED) is 0.210. The van der Waals surface area contributed by atoms with Crippen LogP contribution in [0.4, 0.5) is 0 Å². The molecule has 0 unspecified atom stereocenters. The molecular formula is C30H33N3O2. The Morgan fingerprint density at radius 2 is 1.69 bits per heavy atom. The standard InChI is InChI=1S/C30H33N3O2/c1-5-7-13-27-32-29-21(3)18-22(4)31-30(29)33(27)20-23-14-16-25(17-15-23)26(19-28(34)35-6-2)24-11-9-8-10-12-24/h8-12,14-19H,5-7,13,20H2,1-4H3/b26-19+. The van der Waals surface area contributed by atoms with Crippen LogP contribution in [0.15, 0.2) is 66.7 Å². The molecule has 2 heterocycles. The summed E-state index contributed by atoms with van der Waals surface area (Å²) in [6, 6.07) is 20.4. The Labute approximate surface area is 207 Å². The first-order chi connectivity index (χ1) is 17.0. The van der Waals surface area contributed by atoms with E-state index in [1.54, 1.807) is 6.08 Å². The van der Waals surface area contributed by atoms with Gasteiger partial charge in [0, 0.05) is 18.2 Å². The zero-order chi connectivity index (χ0) is 24.8. The van der Waals surface area contributed by atoms with E-state index in [9.17, 15) is 4.79 Å². The Hall–Kier alpha value is -3.73. The molecule has 2 aromatic heterocycles. The number of benzene rings is 2. The average Bonchev–Trinajstić information content (AvgIpc) is 3.20. The molecule has 0 aliphatic rings. The lowest BCUT2D eigenvalue weighted by atomic mass is 9.96. The number of imidazole rings is 1. The molecule has 0 bridgehead atoms. The molecule has 180 valence electrons. The molecule has 0 aliphatic carbocycles. The number of pyridine rings is 1. The van der Waals surface area contributed by atoms with Gasteiger partial charge in [-0.15, -0.1) is 0 Å². The van der Waals surface area contributed by atoms with Gasteiger partial charge in [-0.25, -0.2) is 14.8 Å². The van der Waals surface area contributed by atoms with Gasteiger partial charge in [-0.05, 0) is 61.1 Å².